The van der Waals surface area contributed by atoms with Gasteiger partial charge in [-0.3, -0.25) is 9.36 Å². The van der Waals surface area contributed by atoms with E-state index in [2.05, 4.69) is 26.2 Å². The van der Waals surface area contributed by atoms with Crippen molar-refractivity contribution in [2.45, 2.75) is 13.1 Å². The van der Waals surface area contributed by atoms with E-state index in [1.807, 2.05) is 12.1 Å². The molecule has 0 aliphatic rings. The highest BCUT2D eigenvalue weighted by atomic mass is 79.9. The van der Waals surface area contributed by atoms with Gasteiger partial charge in [0.15, 0.2) is 0 Å². The first-order valence-corrected chi connectivity index (χ1v) is 6.00. The van der Waals surface area contributed by atoms with Crippen LogP contribution >= 0.6 is 15.9 Å². The number of furan rings is 1. The molecule has 5 nitrogen and oxygen atoms in total. The van der Waals surface area contributed by atoms with E-state index in [1.165, 1.54) is 12.5 Å². The molecular formula is C11H12BrN3O2. The summed E-state index contributed by atoms with van der Waals surface area (Å²) < 4.78 is 7.21. The molecule has 2 rings (SSSR count). The van der Waals surface area contributed by atoms with E-state index < -0.39 is 0 Å². The van der Waals surface area contributed by atoms with Gasteiger partial charge in [-0.1, -0.05) is 0 Å². The average molecular weight is 298 g/mol. The maximum Gasteiger partial charge on any atom is 0.267 e. The Hall–Kier alpha value is -1.40. The molecule has 0 aromatic carbocycles. The van der Waals surface area contributed by atoms with Crippen LogP contribution in [0.15, 0.2) is 44.6 Å². The fraction of sp³-hybridized carbons (Fsp3) is 0.273. The van der Waals surface area contributed by atoms with Crippen LogP contribution in [0.5, 0.6) is 0 Å². The number of aromatic nitrogens is 2. The number of nitrogens with zero attached hydrogens (tertiary/aromatic N) is 2. The minimum atomic E-state index is -0.0696. The summed E-state index contributed by atoms with van der Waals surface area (Å²) in [5, 5.41) is 3.19. The van der Waals surface area contributed by atoms with Gasteiger partial charge in [0, 0.05) is 19.3 Å². The third-order valence-corrected chi connectivity index (χ3v) is 2.81. The summed E-state index contributed by atoms with van der Waals surface area (Å²) in [7, 11) is 0. The van der Waals surface area contributed by atoms with Crippen molar-refractivity contribution in [3.63, 3.8) is 0 Å². The second kappa shape index (κ2) is 5.79. The maximum absolute atomic E-state index is 11.6. The largest absolute Gasteiger partial charge is 0.468 e. The minimum Gasteiger partial charge on any atom is -0.468 e. The molecule has 0 saturated heterocycles. The van der Waals surface area contributed by atoms with Crippen molar-refractivity contribution in [2.75, 3.05) is 6.54 Å². The topological polar surface area (TPSA) is 60.1 Å². The zero-order valence-electron chi connectivity index (χ0n) is 9.10. The van der Waals surface area contributed by atoms with E-state index in [-0.39, 0.29) is 5.56 Å². The van der Waals surface area contributed by atoms with E-state index in [4.69, 9.17) is 4.42 Å². The molecule has 90 valence electrons. The summed E-state index contributed by atoms with van der Waals surface area (Å²) in [6.45, 7) is 1.91. The molecule has 0 amide bonds. The lowest BCUT2D eigenvalue weighted by atomic mass is 10.4. The Morgan fingerprint density at radius 1 is 1.53 bits per heavy atom. The summed E-state index contributed by atoms with van der Waals surface area (Å²) in [4.78, 5) is 15.6. The lowest BCUT2D eigenvalue weighted by molar-refractivity contribution is 0.473. The molecule has 1 N–H and O–H groups in total. The van der Waals surface area contributed by atoms with Crippen molar-refractivity contribution in [3.05, 3.63) is 51.5 Å². The molecule has 0 spiro atoms. The molecule has 0 atom stereocenters. The predicted octanol–water partition coefficient (Wildman–Crippen LogP) is 1.39. The molecule has 0 aliphatic heterocycles. The van der Waals surface area contributed by atoms with Crippen molar-refractivity contribution < 1.29 is 4.42 Å². The van der Waals surface area contributed by atoms with Crippen LogP contribution in [0.2, 0.25) is 0 Å². The van der Waals surface area contributed by atoms with Crippen molar-refractivity contribution in [2.24, 2.45) is 0 Å². The van der Waals surface area contributed by atoms with Crippen molar-refractivity contribution >= 4 is 15.9 Å². The van der Waals surface area contributed by atoms with E-state index in [0.717, 1.165) is 5.76 Å². The first kappa shape index (κ1) is 12.1. The van der Waals surface area contributed by atoms with Gasteiger partial charge in [-0.25, -0.2) is 4.98 Å². The fourth-order valence-electron chi connectivity index (χ4n) is 1.41. The van der Waals surface area contributed by atoms with Crippen LogP contribution < -0.4 is 10.9 Å². The molecular weight excluding hydrogens is 286 g/mol. The Morgan fingerprint density at radius 3 is 3.18 bits per heavy atom. The SMILES string of the molecule is O=c1c(Br)cncn1CCNCc1ccco1. The molecule has 0 fully saturated rings. The Bertz CT molecular complexity index is 522. The van der Waals surface area contributed by atoms with E-state index >= 15 is 0 Å². The lowest BCUT2D eigenvalue weighted by Crippen LogP contribution is -2.27. The van der Waals surface area contributed by atoms with Crippen LogP contribution in [0.1, 0.15) is 5.76 Å². The quantitative estimate of drug-likeness (QED) is 0.847. The molecule has 2 aromatic rings. The van der Waals surface area contributed by atoms with E-state index in [9.17, 15) is 4.79 Å². The highest BCUT2D eigenvalue weighted by Gasteiger charge is 2.00. The fourth-order valence-corrected chi connectivity index (χ4v) is 1.75. The Labute approximate surface area is 107 Å². The van der Waals surface area contributed by atoms with Gasteiger partial charge in [-0.05, 0) is 28.1 Å². The maximum atomic E-state index is 11.6. The van der Waals surface area contributed by atoms with Crippen molar-refractivity contribution in [1.82, 2.24) is 14.9 Å². The minimum absolute atomic E-state index is 0.0696. The molecule has 6 heteroatoms. The Morgan fingerprint density at radius 2 is 2.41 bits per heavy atom. The Balaban J connectivity index is 1.82. The number of halogens is 1. The first-order valence-electron chi connectivity index (χ1n) is 5.20. The van der Waals surface area contributed by atoms with Gasteiger partial charge in [-0.2, -0.15) is 0 Å². The third kappa shape index (κ3) is 3.28. The van der Waals surface area contributed by atoms with Crippen LogP contribution in [-0.4, -0.2) is 16.1 Å². The first-order chi connectivity index (χ1) is 8.27. The summed E-state index contributed by atoms with van der Waals surface area (Å²) in [5.41, 5.74) is -0.0696. The van der Waals surface area contributed by atoms with Gasteiger partial charge in [0.1, 0.15) is 10.2 Å². The summed E-state index contributed by atoms with van der Waals surface area (Å²) in [5.74, 6) is 0.879. The van der Waals surface area contributed by atoms with Gasteiger partial charge < -0.3 is 9.73 Å². The van der Waals surface area contributed by atoms with E-state index in [1.54, 1.807) is 10.8 Å². The second-order valence-electron chi connectivity index (χ2n) is 3.50. The molecule has 2 aromatic heterocycles. The summed E-state index contributed by atoms with van der Waals surface area (Å²) in [6, 6.07) is 3.75. The van der Waals surface area contributed by atoms with Crippen LogP contribution in [-0.2, 0) is 13.1 Å². The van der Waals surface area contributed by atoms with Gasteiger partial charge in [0.2, 0.25) is 0 Å². The van der Waals surface area contributed by atoms with E-state index in [0.29, 0.717) is 24.1 Å². The van der Waals surface area contributed by atoms with Gasteiger partial charge in [0.25, 0.3) is 5.56 Å². The number of rotatable bonds is 5. The molecule has 2 heterocycles. The number of nitrogens with one attached hydrogen (secondary N) is 1. The smallest absolute Gasteiger partial charge is 0.267 e. The zero-order valence-corrected chi connectivity index (χ0v) is 10.7. The van der Waals surface area contributed by atoms with Crippen LogP contribution in [0.25, 0.3) is 0 Å². The Kier molecular flexibility index (Phi) is 4.11. The van der Waals surface area contributed by atoms with Gasteiger partial charge in [0.05, 0.1) is 19.1 Å². The molecule has 0 unspecified atom stereocenters. The zero-order chi connectivity index (χ0) is 12.1. The lowest BCUT2D eigenvalue weighted by Gasteiger charge is -2.05. The third-order valence-electron chi connectivity index (χ3n) is 2.27. The van der Waals surface area contributed by atoms with Crippen LogP contribution in [0.3, 0.4) is 0 Å². The molecule has 0 saturated carbocycles. The average Bonchev–Trinajstić information content (AvgIpc) is 2.83. The highest BCUT2D eigenvalue weighted by molar-refractivity contribution is 9.10. The molecule has 17 heavy (non-hydrogen) atoms. The molecule has 0 aliphatic carbocycles. The van der Waals surface area contributed by atoms with Crippen molar-refractivity contribution in [3.8, 4) is 0 Å². The molecule has 0 radical (unpaired) electrons. The molecule has 0 bridgehead atoms. The summed E-state index contributed by atoms with van der Waals surface area (Å²) >= 11 is 3.16. The van der Waals surface area contributed by atoms with Crippen molar-refractivity contribution in [1.29, 1.82) is 0 Å². The predicted molar refractivity (Wildman–Crippen MR) is 66.6 cm³/mol. The van der Waals surface area contributed by atoms with Crippen LogP contribution in [0, 0.1) is 0 Å². The highest BCUT2D eigenvalue weighted by Crippen LogP contribution is 1.99. The monoisotopic (exact) mass is 297 g/mol. The normalized spacial score (nSPS) is 10.6. The van der Waals surface area contributed by atoms with Crippen LogP contribution in [0.4, 0.5) is 0 Å². The number of hydrogen-bond acceptors (Lipinski definition) is 4. The summed E-state index contributed by atoms with van der Waals surface area (Å²) in [6.07, 6.45) is 4.66. The van der Waals surface area contributed by atoms with Gasteiger partial charge >= 0.3 is 0 Å². The number of hydrogen-bond donors (Lipinski definition) is 1. The second-order valence-corrected chi connectivity index (χ2v) is 4.35. The van der Waals surface area contributed by atoms with Gasteiger partial charge in [-0.15, -0.1) is 0 Å². The standard InChI is InChI=1S/C11H12BrN3O2/c12-10-7-14-8-15(11(10)16)4-3-13-6-9-2-1-5-17-9/h1-2,5,7-8,13H,3-4,6H2.